The molecule has 0 fully saturated rings. The predicted molar refractivity (Wildman–Crippen MR) is 51.6 cm³/mol. The van der Waals surface area contributed by atoms with E-state index in [-0.39, 0.29) is 0 Å². The van der Waals surface area contributed by atoms with Gasteiger partial charge in [-0.25, -0.2) is 4.98 Å². The van der Waals surface area contributed by atoms with E-state index in [4.69, 9.17) is 0 Å². The Kier molecular flexibility index (Phi) is 4.03. The van der Waals surface area contributed by atoms with Crippen molar-refractivity contribution in [1.29, 1.82) is 0 Å². The molecule has 2 aromatic rings. The maximum absolute atomic E-state index is 3.78. The summed E-state index contributed by atoms with van der Waals surface area (Å²) >= 11 is 0. The molecule has 4 heteroatoms. The van der Waals surface area contributed by atoms with Crippen molar-refractivity contribution < 1.29 is 0 Å². The largest absolute Gasteiger partial charge is 0.322 e. The molecule has 62 valence electrons. The Balaban J connectivity index is 0.000000120. The number of rotatable bonds is 0. The van der Waals surface area contributed by atoms with E-state index in [2.05, 4.69) is 19.4 Å². The van der Waals surface area contributed by atoms with Crippen molar-refractivity contribution in [1.82, 2.24) is 14.3 Å². The van der Waals surface area contributed by atoms with E-state index in [1.165, 1.54) is 0 Å². The van der Waals surface area contributed by atoms with Gasteiger partial charge in [-0.2, -0.15) is 0 Å². The summed E-state index contributed by atoms with van der Waals surface area (Å²) in [4.78, 5) is 7.55. The Bertz CT molecular complexity index is 254. The molecule has 0 aliphatic heterocycles. The molecule has 2 heterocycles. The molecule has 0 aliphatic rings. The minimum absolute atomic E-state index is 1.71. The van der Waals surface area contributed by atoms with Crippen LogP contribution in [0.15, 0.2) is 49.3 Å². The lowest BCUT2D eigenvalue weighted by Gasteiger charge is -1.76. The average Bonchev–Trinajstić information content (AvgIpc) is 2.60. The molecule has 0 radical (unpaired) electrons. The third kappa shape index (κ3) is 3.84. The molecule has 1 unspecified atom stereocenters. The standard InChI is InChI=1S/C5H5N.C3H5N2P/c1-2-4-6-5-3-1;6-5-2-1-4-3-5/h1-5H;1-3H,6H2. The summed E-state index contributed by atoms with van der Waals surface area (Å²) < 4.78 is 1.81. The molecule has 3 nitrogen and oxygen atoms in total. The fraction of sp³-hybridized carbons (Fsp3) is 0. The summed E-state index contributed by atoms with van der Waals surface area (Å²) in [6, 6.07) is 5.72. The highest BCUT2D eigenvalue weighted by molar-refractivity contribution is 7.14. The number of nitrogens with zero attached hydrogens (tertiary/aromatic N) is 3. The quantitative estimate of drug-likeness (QED) is 0.575. The summed E-state index contributed by atoms with van der Waals surface area (Å²) in [6.45, 7) is 0. The molecule has 1 atom stereocenters. The Labute approximate surface area is 73.7 Å². The zero-order chi connectivity index (χ0) is 8.65. The first-order chi connectivity index (χ1) is 5.89. The van der Waals surface area contributed by atoms with Crippen molar-refractivity contribution in [3.05, 3.63) is 49.3 Å². The second-order valence-electron chi connectivity index (χ2n) is 2.03. The number of hydrogen-bond donors (Lipinski definition) is 0. The van der Waals surface area contributed by atoms with Crippen molar-refractivity contribution in [2.45, 2.75) is 0 Å². The molecular weight excluding hydrogens is 169 g/mol. The van der Waals surface area contributed by atoms with Crippen molar-refractivity contribution in [3.63, 3.8) is 0 Å². The minimum Gasteiger partial charge on any atom is -0.322 e. The van der Waals surface area contributed by atoms with Gasteiger partial charge >= 0.3 is 0 Å². The van der Waals surface area contributed by atoms with E-state index in [0.29, 0.717) is 0 Å². The van der Waals surface area contributed by atoms with Crippen molar-refractivity contribution >= 4 is 9.39 Å². The van der Waals surface area contributed by atoms with Crippen LogP contribution in [0, 0.1) is 0 Å². The molecule has 0 aromatic carbocycles. The van der Waals surface area contributed by atoms with Crippen LogP contribution in [0.5, 0.6) is 0 Å². The molecule has 0 N–H and O–H groups in total. The molecule has 2 rings (SSSR count). The smallest absolute Gasteiger partial charge is 0.0974 e. The highest BCUT2D eigenvalue weighted by Crippen LogP contribution is 1.87. The first-order valence-corrected chi connectivity index (χ1v) is 3.99. The maximum Gasteiger partial charge on any atom is 0.0974 e. The van der Waals surface area contributed by atoms with Gasteiger partial charge in [-0.3, -0.25) is 4.98 Å². The summed E-state index contributed by atoms with van der Waals surface area (Å²) in [5.74, 6) is 0. The van der Waals surface area contributed by atoms with Gasteiger partial charge in [-0.15, -0.1) is 0 Å². The van der Waals surface area contributed by atoms with Gasteiger partial charge in [-0.1, -0.05) is 6.07 Å². The summed E-state index contributed by atoms with van der Waals surface area (Å²) in [7, 11) is 2.47. The van der Waals surface area contributed by atoms with Crippen molar-refractivity contribution in [2.75, 3.05) is 0 Å². The lowest BCUT2D eigenvalue weighted by molar-refractivity contribution is 1.24. The van der Waals surface area contributed by atoms with Crippen LogP contribution in [0.25, 0.3) is 0 Å². The molecule has 0 saturated heterocycles. The average molecular weight is 179 g/mol. The van der Waals surface area contributed by atoms with Gasteiger partial charge in [0.25, 0.3) is 0 Å². The van der Waals surface area contributed by atoms with Gasteiger partial charge in [0.05, 0.1) is 6.33 Å². The third-order valence-electron chi connectivity index (χ3n) is 1.09. The SMILES string of the molecule is Pn1ccnc1.c1ccncc1. The molecule has 12 heavy (non-hydrogen) atoms. The molecule has 0 bridgehead atoms. The van der Waals surface area contributed by atoms with Crippen LogP contribution in [0.2, 0.25) is 0 Å². The number of pyridine rings is 1. The number of imidazole rings is 1. The Morgan fingerprint density at radius 1 is 0.917 bits per heavy atom. The third-order valence-corrected chi connectivity index (χ3v) is 1.40. The lowest BCUT2D eigenvalue weighted by Crippen LogP contribution is -1.63. The van der Waals surface area contributed by atoms with Crippen LogP contribution in [-0.4, -0.2) is 14.3 Å². The van der Waals surface area contributed by atoms with Crippen LogP contribution < -0.4 is 0 Å². The molecular formula is C8H10N3P. The highest BCUT2D eigenvalue weighted by Gasteiger charge is 1.69. The fourth-order valence-corrected chi connectivity index (χ4v) is 0.736. The zero-order valence-corrected chi connectivity index (χ0v) is 7.69. The van der Waals surface area contributed by atoms with Gasteiger partial charge in [0, 0.05) is 24.8 Å². The lowest BCUT2D eigenvalue weighted by atomic mass is 10.5. The number of hydrogen-bond acceptors (Lipinski definition) is 2. The molecule has 0 amide bonds. The van der Waals surface area contributed by atoms with Crippen LogP contribution in [0.4, 0.5) is 0 Å². The van der Waals surface area contributed by atoms with Gasteiger partial charge in [0.1, 0.15) is 0 Å². The van der Waals surface area contributed by atoms with E-state index in [0.717, 1.165) is 0 Å². The Morgan fingerprint density at radius 2 is 1.67 bits per heavy atom. The second-order valence-corrected chi connectivity index (χ2v) is 2.63. The highest BCUT2D eigenvalue weighted by atomic mass is 31.0. The summed E-state index contributed by atoms with van der Waals surface area (Å²) in [6.07, 6.45) is 8.79. The van der Waals surface area contributed by atoms with Crippen molar-refractivity contribution in [2.24, 2.45) is 0 Å². The van der Waals surface area contributed by atoms with Gasteiger partial charge in [0.2, 0.25) is 0 Å². The van der Waals surface area contributed by atoms with Crippen LogP contribution in [0.3, 0.4) is 0 Å². The van der Waals surface area contributed by atoms with Crippen LogP contribution >= 0.6 is 9.39 Å². The van der Waals surface area contributed by atoms with E-state index >= 15 is 0 Å². The van der Waals surface area contributed by atoms with Crippen LogP contribution in [0.1, 0.15) is 0 Å². The molecule has 0 spiro atoms. The maximum atomic E-state index is 3.78. The molecule has 0 saturated carbocycles. The molecule has 0 aliphatic carbocycles. The fourth-order valence-electron chi connectivity index (χ4n) is 0.582. The van der Waals surface area contributed by atoms with E-state index in [9.17, 15) is 0 Å². The summed E-state index contributed by atoms with van der Waals surface area (Å²) in [5, 5.41) is 0. The zero-order valence-electron chi connectivity index (χ0n) is 6.54. The first-order valence-electron chi connectivity index (χ1n) is 3.47. The van der Waals surface area contributed by atoms with Gasteiger partial charge in [-0.05, 0) is 21.5 Å². The first kappa shape index (κ1) is 8.88. The van der Waals surface area contributed by atoms with E-state index in [1.807, 2.05) is 24.4 Å². The number of aromatic nitrogens is 3. The van der Waals surface area contributed by atoms with Crippen LogP contribution in [-0.2, 0) is 0 Å². The van der Waals surface area contributed by atoms with Gasteiger partial charge in [0.15, 0.2) is 0 Å². The van der Waals surface area contributed by atoms with Crippen molar-refractivity contribution in [3.8, 4) is 0 Å². The van der Waals surface area contributed by atoms with E-state index in [1.54, 1.807) is 29.3 Å². The monoisotopic (exact) mass is 179 g/mol. The topological polar surface area (TPSA) is 30.7 Å². The normalized spacial score (nSPS) is 8.42. The minimum atomic E-state index is 1.71. The Morgan fingerprint density at radius 3 is 1.83 bits per heavy atom. The Hall–Kier alpha value is -1.21. The van der Waals surface area contributed by atoms with E-state index < -0.39 is 0 Å². The molecule has 2 aromatic heterocycles. The van der Waals surface area contributed by atoms with Gasteiger partial charge < -0.3 is 4.34 Å². The summed E-state index contributed by atoms with van der Waals surface area (Å²) in [5.41, 5.74) is 0. The predicted octanol–water partition coefficient (Wildman–Crippen LogP) is 1.60. The second kappa shape index (κ2) is 5.44.